The van der Waals surface area contributed by atoms with E-state index in [0.717, 1.165) is 23.3 Å². The van der Waals surface area contributed by atoms with Gasteiger partial charge in [0.15, 0.2) is 5.82 Å². The largest absolute Gasteiger partial charge is 0.489 e. The van der Waals surface area contributed by atoms with Gasteiger partial charge < -0.3 is 16.2 Å². The number of nitrogens with two attached hydrogens (primary N) is 2. The lowest BCUT2D eigenvalue weighted by atomic mass is 9.98. The fraction of sp³-hybridized carbons (Fsp3) is 0.250. The van der Waals surface area contributed by atoms with Crippen LogP contribution in [0.3, 0.4) is 0 Å². The maximum atomic E-state index is 5.85. The lowest BCUT2D eigenvalue weighted by Gasteiger charge is -2.11. The second-order valence-electron chi connectivity index (χ2n) is 6.24. The monoisotopic (exact) mass is 349 g/mol. The molecule has 6 nitrogen and oxygen atoms in total. The third-order valence-electron chi connectivity index (χ3n) is 4.35. The van der Waals surface area contributed by atoms with Gasteiger partial charge in [-0.3, -0.25) is 0 Å². The first-order valence-electron chi connectivity index (χ1n) is 8.64. The normalized spacial score (nSPS) is 11.9. The van der Waals surface area contributed by atoms with E-state index in [4.69, 9.17) is 16.2 Å². The van der Waals surface area contributed by atoms with E-state index in [1.807, 2.05) is 24.3 Å². The SMILES string of the molecule is CCC(C)c1ccc(COc2ccc(-c3nc(N)nc(N)n3)cc2)cc1. The Morgan fingerprint density at radius 2 is 1.50 bits per heavy atom. The molecule has 2 aromatic carbocycles. The summed E-state index contributed by atoms with van der Waals surface area (Å²) in [4.78, 5) is 12.0. The molecule has 3 aromatic rings. The molecule has 0 bridgehead atoms. The van der Waals surface area contributed by atoms with Crippen LogP contribution in [0.2, 0.25) is 0 Å². The van der Waals surface area contributed by atoms with Gasteiger partial charge in [-0.25, -0.2) is 0 Å². The summed E-state index contributed by atoms with van der Waals surface area (Å²) in [6, 6.07) is 16.1. The van der Waals surface area contributed by atoms with Crippen LogP contribution in [0.1, 0.15) is 37.3 Å². The molecule has 0 aliphatic rings. The van der Waals surface area contributed by atoms with Crippen LogP contribution >= 0.6 is 0 Å². The fourth-order valence-corrected chi connectivity index (χ4v) is 2.58. The summed E-state index contributed by atoms with van der Waals surface area (Å²) < 4.78 is 5.85. The summed E-state index contributed by atoms with van der Waals surface area (Å²) >= 11 is 0. The van der Waals surface area contributed by atoms with Crippen LogP contribution in [-0.4, -0.2) is 15.0 Å². The van der Waals surface area contributed by atoms with Gasteiger partial charge in [0.05, 0.1) is 0 Å². The second-order valence-corrected chi connectivity index (χ2v) is 6.24. The molecule has 0 aliphatic heterocycles. The zero-order valence-corrected chi connectivity index (χ0v) is 15.0. The van der Waals surface area contributed by atoms with E-state index in [-0.39, 0.29) is 11.9 Å². The van der Waals surface area contributed by atoms with Crippen LogP contribution < -0.4 is 16.2 Å². The molecule has 0 aliphatic carbocycles. The number of anilines is 2. The van der Waals surface area contributed by atoms with E-state index in [1.54, 1.807) is 0 Å². The van der Waals surface area contributed by atoms with Crippen molar-refractivity contribution in [2.45, 2.75) is 32.8 Å². The highest BCUT2D eigenvalue weighted by atomic mass is 16.5. The summed E-state index contributed by atoms with van der Waals surface area (Å²) in [5.41, 5.74) is 14.5. The molecule has 3 rings (SSSR count). The molecular weight excluding hydrogens is 326 g/mol. The minimum atomic E-state index is 0.105. The van der Waals surface area contributed by atoms with Gasteiger partial charge in [0, 0.05) is 5.56 Å². The third-order valence-corrected chi connectivity index (χ3v) is 4.35. The van der Waals surface area contributed by atoms with Crippen LogP contribution in [0.25, 0.3) is 11.4 Å². The Hall–Kier alpha value is -3.15. The number of hydrogen-bond donors (Lipinski definition) is 2. The van der Waals surface area contributed by atoms with Crippen LogP contribution in [0, 0.1) is 0 Å². The molecule has 1 atom stereocenters. The molecule has 6 heteroatoms. The summed E-state index contributed by atoms with van der Waals surface area (Å²) in [5, 5.41) is 0. The molecule has 1 unspecified atom stereocenters. The van der Waals surface area contributed by atoms with Gasteiger partial charge in [-0.2, -0.15) is 15.0 Å². The zero-order chi connectivity index (χ0) is 18.5. The molecule has 0 spiro atoms. The van der Waals surface area contributed by atoms with Crippen molar-refractivity contribution in [3.05, 3.63) is 59.7 Å². The van der Waals surface area contributed by atoms with E-state index in [0.29, 0.717) is 18.3 Å². The minimum Gasteiger partial charge on any atom is -0.489 e. The van der Waals surface area contributed by atoms with Crippen LogP contribution in [0.5, 0.6) is 5.75 Å². The fourth-order valence-electron chi connectivity index (χ4n) is 2.58. The first kappa shape index (κ1) is 17.7. The predicted octanol–water partition coefficient (Wildman–Crippen LogP) is 3.80. The first-order chi connectivity index (χ1) is 12.5. The van der Waals surface area contributed by atoms with Crippen LogP contribution in [-0.2, 0) is 6.61 Å². The summed E-state index contributed by atoms with van der Waals surface area (Å²) in [6.07, 6.45) is 1.14. The number of rotatable bonds is 6. The summed E-state index contributed by atoms with van der Waals surface area (Å²) in [7, 11) is 0. The molecule has 1 heterocycles. The Labute approximate surface area is 153 Å². The van der Waals surface area contributed by atoms with Crippen molar-refractivity contribution in [3.63, 3.8) is 0 Å². The number of aromatic nitrogens is 3. The van der Waals surface area contributed by atoms with Crippen molar-refractivity contribution in [2.75, 3.05) is 11.5 Å². The smallest absolute Gasteiger partial charge is 0.225 e. The van der Waals surface area contributed by atoms with Gasteiger partial charge in [0.2, 0.25) is 11.9 Å². The predicted molar refractivity (Wildman–Crippen MR) is 104 cm³/mol. The molecular formula is C20H23N5O. The molecule has 0 amide bonds. The van der Waals surface area contributed by atoms with Crippen molar-refractivity contribution < 1.29 is 4.74 Å². The molecule has 4 N–H and O–H groups in total. The van der Waals surface area contributed by atoms with Crippen molar-refractivity contribution in [1.29, 1.82) is 0 Å². The van der Waals surface area contributed by atoms with Gasteiger partial charge in [-0.15, -0.1) is 0 Å². The van der Waals surface area contributed by atoms with Gasteiger partial charge >= 0.3 is 0 Å². The van der Waals surface area contributed by atoms with Crippen molar-refractivity contribution in [2.24, 2.45) is 0 Å². The number of ether oxygens (including phenoxy) is 1. The van der Waals surface area contributed by atoms with Crippen molar-refractivity contribution >= 4 is 11.9 Å². The quantitative estimate of drug-likeness (QED) is 0.702. The Balaban J connectivity index is 1.64. The highest BCUT2D eigenvalue weighted by molar-refractivity contribution is 5.58. The Bertz CT molecular complexity index is 842. The van der Waals surface area contributed by atoms with E-state index in [1.165, 1.54) is 5.56 Å². The van der Waals surface area contributed by atoms with Crippen molar-refractivity contribution in [3.8, 4) is 17.1 Å². The standard InChI is InChI=1S/C20H23N5O/c1-3-13(2)15-6-4-14(5-7-15)12-26-17-10-8-16(9-11-17)18-23-19(21)25-20(22)24-18/h4-11,13H,3,12H2,1-2H3,(H4,21,22,23,24,25). The van der Waals surface area contributed by atoms with Gasteiger partial charge in [-0.05, 0) is 47.7 Å². The highest BCUT2D eigenvalue weighted by Gasteiger charge is 2.06. The van der Waals surface area contributed by atoms with Gasteiger partial charge in [0.1, 0.15) is 12.4 Å². The molecule has 1 aromatic heterocycles. The number of hydrogen-bond acceptors (Lipinski definition) is 6. The topological polar surface area (TPSA) is 99.9 Å². The van der Waals surface area contributed by atoms with Crippen LogP contribution in [0.15, 0.2) is 48.5 Å². The maximum Gasteiger partial charge on any atom is 0.225 e. The Morgan fingerprint density at radius 1 is 0.885 bits per heavy atom. The van der Waals surface area contributed by atoms with E-state index in [2.05, 4.69) is 53.1 Å². The highest BCUT2D eigenvalue weighted by Crippen LogP contribution is 2.22. The van der Waals surface area contributed by atoms with Gasteiger partial charge in [0.25, 0.3) is 0 Å². The Morgan fingerprint density at radius 3 is 2.08 bits per heavy atom. The molecule has 0 saturated carbocycles. The minimum absolute atomic E-state index is 0.105. The number of benzene rings is 2. The van der Waals surface area contributed by atoms with E-state index >= 15 is 0 Å². The lowest BCUT2D eigenvalue weighted by molar-refractivity contribution is 0.306. The Kier molecular flexibility index (Phi) is 5.31. The molecule has 26 heavy (non-hydrogen) atoms. The molecule has 134 valence electrons. The number of nitrogens with zero attached hydrogens (tertiary/aromatic N) is 3. The lowest BCUT2D eigenvalue weighted by Crippen LogP contribution is -2.04. The zero-order valence-electron chi connectivity index (χ0n) is 15.0. The summed E-state index contributed by atoms with van der Waals surface area (Å²) in [6.45, 7) is 4.96. The molecule has 0 fully saturated rings. The second kappa shape index (κ2) is 7.82. The van der Waals surface area contributed by atoms with E-state index < -0.39 is 0 Å². The summed E-state index contributed by atoms with van der Waals surface area (Å²) in [5.74, 6) is 2.01. The average molecular weight is 349 g/mol. The first-order valence-corrected chi connectivity index (χ1v) is 8.64. The third kappa shape index (κ3) is 4.27. The number of nitrogen functional groups attached to an aromatic ring is 2. The molecule has 0 saturated heterocycles. The maximum absolute atomic E-state index is 5.85. The van der Waals surface area contributed by atoms with Crippen molar-refractivity contribution in [1.82, 2.24) is 15.0 Å². The van der Waals surface area contributed by atoms with Crippen LogP contribution in [0.4, 0.5) is 11.9 Å². The molecule has 0 radical (unpaired) electrons. The average Bonchev–Trinajstić information content (AvgIpc) is 2.66. The van der Waals surface area contributed by atoms with Gasteiger partial charge in [-0.1, -0.05) is 38.1 Å². The van der Waals surface area contributed by atoms with E-state index in [9.17, 15) is 0 Å².